The highest BCUT2D eigenvalue weighted by atomic mass is 35.5. The summed E-state index contributed by atoms with van der Waals surface area (Å²) < 4.78 is 5.24. The van der Waals surface area contributed by atoms with Crippen LogP contribution >= 0.6 is 23.2 Å². The molecule has 0 unspecified atom stereocenters. The Morgan fingerprint density at radius 1 is 1.04 bits per heavy atom. The zero-order valence-electron chi connectivity index (χ0n) is 13.8. The standard InChI is InChI=1S/C18H20Cl2N2O2/c1-18(2,3)24-17(23)22-16-6-4-5-15(10-16)21-11-12-7-13(19)9-14(20)8-12/h4-10,21H,11H2,1-3H3,(H,22,23). The fraction of sp³-hybridized carbons (Fsp3) is 0.278. The highest BCUT2D eigenvalue weighted by Gasteiger charge is 2.16. The SMILES string of the molecule is CC(C)(C)OC(=O)Nc1cccc(NCc2cc(Cl)cc(Cl)c2)c1. The predicted molar refractivity (Wildman–Crippen MR) is 100 cm³/mol. The van der Waals surface area contributed by atoms with Gasteiger partial charge in [-0.25, -0.2) is 4.79 Å². The molecule has 2 aromatic carbocycles. The van der Waals surface area contributed by atoms with Gasteiger partial charge in [-0.05, 0) is 62.7 Å². The van der Waals surface area contributed by atoms with Crippen LogP contribution in [0.2, 0.25) is 10.0 Å². The summed E-state index contributed by atoms with van der Waals surface area (Å²) in [6.07, 6.45) is -0.485. The Hall–Kier alpha value is -1.91. The average Bonchev–Trinajstić information content (AvgIpc) is 2.42. The number of hydrogen-bond donors (Lipinski definition) is 2. The van der Waals surface area contributed by atoms with E-state index in [1.807, 2.05) is 51.1 Å². The lowest BCUT2D eigenvalue weighted by Gasteiger charge is -2.19. The highest BCUT2D eigenvalue weighted by Crippen LogP contribution is 2.21. The van der Waals surface area contributed by atoms with Crippen LogP contribution in [-0.2, 0) is 11.3 Å². The third-order valence-electron chi connectivity index (χ3n) is 2.93. The molecule has 24 heavy (non-hydrogen) atoms. The molecule has 0 aliphatic rings. The van der Waals surface area contributed by atoms with Gasteiger partial charge >= 0.3 is 6.09 Å². The first-order chi connectivity index (χ1) is 11.2. The molecule has 0 heterocycles. The van der Waals surface area contributed by atoms with Crippen LogP contribution in [0.3, 0.4) is 0 Å². The number of rotatable bonds is 4. The van der Waals surface area contributed by atoms with Crippen molar-refractivity contribution >= 4 is 40.7 Å². The minimum absolute atomic E-state index is 0.485. The number of benzene rings is 2. The molecule has 0 aliphatic carbocycles. The topological polar surface area (TPSA) is 50.4 Å². The van der Waals surface area contributed by atoms with Crippen LogP contribution in [0.25, 0.3) is 0 Å². The van der Waals surface area contributed by atoms with Gasteiger partial charge in [0.15, 0.2) is 0 Å². The lowest BCUT2D eigenvalue weighted by molar-refractivity contribution is 0.0636. The fourth-order valence-electron chi connectivity index (χ4n) is 2.05. The second-order valence-corrected chi connectivity index (χ2v) is 7.21. The van der Waals surface area contributed by atoms with E-state index in [9.17, 15) is 4.79 Å². The molecule has 0 atom stereocenters. The fourth-order valence-corrected chi connectivity index (χ4v) is 2.62. The zero-order valence-corrected chi connectivity index (χ0v) is 15.3. The second kappa shape index (κ2) is 7.77. The van der Waals surface area contributed by atoms with Gasteiger partial charge in [0.2, 0.25) is 0 Å². The molecule has 0 radical (unpaired) electrons. The number of halogens is 2. The Balaban J connectivity index is 1.98. The Labute approximate surface area is 152 Å². The summed E-state index contributed by atoms with van der Waals surface area (Å²) in [5.74, 6) is 0. The highest BCUT2D eigenvalue weighted by molar-refractivity contribution is 6.34. The first-order valence-electron chi connectivity index (χ1n) is 7.50. The zero-order chi connectivity index (χ0) is 17.7. The quantitative estimate of drug-likeness (QED) is 0.702. The van der Waals surface area contributed by atoms with E-state index in [2.05, 4.69) is 10.6 Å². The van der Waals surface area contributed by atoms with E-state index >= 15 is 0 Å². The van der Waals surface area contributed by atoms with E-state index < -0.39 is 11.7 Å². The average molecular weight is 367 g/mol. The number of carbonyl (C=O) groups is 1. The number of nitrogens with one attached hydrogen (secondary N) is 2. The van der Waals surface area contributed by atoms with Crippen molar-refractivity contribution in [2.45, 2.75) is 32.9 Å². The summed E-state index contributed by atoms with van der Waals surface area (Å²) in [6.45, 7) is 6.03. The molecule has 1 amide bonds. The van der Waals surface area contributed by atoms with Crippen LogP contribution in [-0.4, -0.2) is 11.7 Å². The molecule has 2 N–H and O–H groups in total. The lowest BCUT2D eigenvalue weighted by atomic mass is 10.2. The van der Waals surface area contributed by atoms with Crippen LogP contribution in [0.4, 0.5) is 16.2 Å². The van der Waals surface area contributed by atoms with Crippen LogP contribution in [0.15, 0.2) is 42.5 Å². The van der Waals surface area contributed by atoms with E-state index in [-0.39, 0.29) is 0 Å². The largest absolute Gasteiger partial charge is 0.444 e. The molecule has 0 saturated heterocycles. The smallest absolute Gasteiger partial charge is 0.412 e. The van der Waals surface area contributed by atoms with E-state index in [1.165, 1.54) is 0 Å². The Bertz CT molecular complexity index is 707. The molecule has 2 rings (SSSR count). The third-order valence-corrected chi connectivity index (χ3v) is 3.36. The van der Waals surface area contributed by atoms with Crippen LogP contribution in [0, 0.1) is 0 Å². The van der Waals surface area contributed by atoms with Gasteiger partial charge in [0.1, 0.15) is 5.60 Å². The van der Waals surface area contributed by atoms with Crippen LogP contribution in [0.5, 0.6) is 0 Å². The molecule has 6 heteroatoms. The van der Waals surface area contributed by atoms with Crippen LogP contribution in [0.1, 0.15) is 26.3 Å². The minimum atomic E-state index is -0.536. The number of carbonyl (C=O) groups excluding carboxylic acids is 1. The van der Waals surface area contributed by atoms with Crippen molar-refractivity contribution in [1.82, 2.24) is 0 Å². The van der Waals surface area contributed by atoms with Crippen molar-refractivity contribution in [3.63, 3.8) is 0 Å². The lowest BCUT2D eigenvalue weighted by Crippen LogP contribution is -2.27. The molecule has 0 saturated carbocycles. The normalized spacial score (nSPS) is 11.0. The summed E-state index contributed by atoms with van der Waals surface area (Å²) in [7, 11) is 0. The number of anilines is 2. The number of hydrogen-bond acceptors (Lipinski definition) is 3. The first-order valence-corrected chi connectivity index (χ1v) is 8.26. The van der Waals surface area contributed by atoms with E-state index in [4.69, 9.17) is 27.9 Å². The number of ether oxygens (including phenoxy) is 1. The van der Waals surface area contributed by atoms with Crippen molar-refractivity contribution in [1.29, 1.82) is 0 Å². The summed E-state index contributed by atoms with van der Waals surface area (Å²) in [5, 5.41) is 7.17. The van der Waals surface area contributed by atoms with Gasteiger partial charge in [-0.3, -0.25) is 5.32 Å². The molecule has 4 nitrogen and oxygen atoms in total. The summed E-state index contributed by atoms with van der Waals surface area (Å²) in [6, 6.07) is 12.8. The molecular formula is C18H20Cl2N2O2. The molecule has 0 aromatic heterocycles. The second-order valence-electron chi connectivity index (χ2n) is 6.34. The van der Waals surface area contributed by atoms with Gasteiger partial charge in [0.25, 0.3) is 0 Å². The predicted octanol–water partition coefficient (Wildman–Crippen LogP) is 5.95. The molecular weight excluding hydrogens is 347 g/mol. The van der Waals surface area contributed by atoms with Crippen molar-refractivity contribution in [2.24, 2.45) is 0 Å². The summed E-state index contributed by atoms with van der Waals surface area (Å²) in [5.41, 5.74) is 1.95. The maximum absolute atomic E-state index is 11.8. The maximum Gasteiger partial charge on any atom is 0.412 e. The molecule has 0 spiro atoms. The molecule has 0 fully saturated rings. The van der Waals surface area contributed by atoms with Crippen molar-refractivity contribution in [2.75, 3.05) is 10.6 Å². The van der Waals surface area contributed by atoms with Gasteiger partial charge in [-0.2, -0.15) is 0 Å². The van der Waals surface area contributed by atoms with Gasteiger partial charge in [-0.1, -0.05) is 29.3 Å². The third kappa shape index (κ3) is 6.30. The van der Waals surface area contributed by atoms with E-state index in [1.54, 1.807) is 12.1 Å². The van der Waals surface area contributed by atoms with Gasteiger partial charge in [0.05, 0.1) is 0 Å². The maximum atomic E-state index is 11.8. The molecule has 0 aliphatic heterocycles. The Morgan fingerprint density at radius 2 is 1.67 bits per heavy atom. The van der Waals surface area contributed by atoms with E-state index in [0.29, 0.717) is 22.3 Å². The van der Waals surface area contributed by atoms with Crippen molar-refractivity contribution in [3.8, 4) is 0 Å². The van der Waals surface area contributed by atoms with Crippen LogP contribution < -0.4 is 10.6 Å². The summed E-state index contributed by atoms with van der Waals surface area (Å²) >= 11 is 12.0. The van der Waals surface area contributed by atoms with Gasteiger partial charge < -0.3 is 10.1 Å². The summed E-state index contributed by atoms with van der Waals surface area (Å²) in [4.78, 5) is 11.8. The molecule has 128 valence electrons. The van der Waals surface area contributed by atoms with Gasteiger partial charge in [0, 0.05) is 28.0 Å². The first kappa shape index (κ1) is 18.4. The van der Waals surface area contributed by atoms with E-state index in [0.717, 1.165) is 11.3 Å². The van der Waals surface area contributed by atoms with Crippen molar-refractivity contribution < 1.29 is 9.53 Å². The monoisotopic (exact) mass is 366 g/mol. The molecule has 0 bridgehead atoms. The van der Waals surface area contributed by atoms with Gasteiger partial charge in [-0.15, -0.1) is 0 Å². The Morgan fingerprint density at radius 3 is 2.29 bits per heavy atom. The number of amides is 1. The minimum Gasteiger partial charge on any atom is -0.444 e. The van der Waals surface area contributed by atoms with Crippen molar-refractivity contribution in [3.05, 3.63) is 58.1 Å². The Kier molecular flexibility index (Phi) is 5.97. The molecule has 2 aromatic rings.